The first kappa shape index (κ1) is 19.3. The molecule has 0 spiro atoms. The molecule has 0 radical (unpaired) electrons. The fraction of sp³-hybridized carbons (Fsp3) is 0.263. The molecule has 0 bridgehead atoms. The summed E-state index contributed by atoms with van der Waals surface area (Å²) in [6, 6.07) is 6.56. The molecular weight excluding hydrogens is 391 g/mol. The molecule has 0 aliphatic carbocycles. The van der Waals surface area contributed by atoms with Crippen LogP contribution in [-0.2, 0) is 16.1 Å². The number of ether oxygens (including phenoxy) is 2. The van der Waals surface area contributed by atoms with Crippen LogP contribution >= 0.6 is 23.2 Å². The van der Waals surface area contributed by atoms with Gasteiger partial charge in [-0.3, -0.25) is 4.79 Å². The molecule has 6 nitrogen and oxygen atoms in total. The fourth-order valence-electron chi connectivity index (χ4n) is 3.33. The number of benzene rings is 1. The Labute approximate surface area is 166 Å². The van der Waals surface area contributed by atoms with E-state index >= 15 is 0 Å². The number of esters is 1. The Kier molecular flexibility index (Phi) is 5.22. The minimum Gasteiger partial charge on any atom is -0.465 e. The van der Waals surface area contributed by atoms with Gasteiger partial charge in [0.05, 0.1) is 18.6 Å². The van der Waals surface area contributed by atoms with E-state index in [1.165, 1.54) is 7.11 Å². The van der Waals surface area contributed by atoms with E-state index in [0.29, 0.717) is 27.9 Å². The van der Waals surface area contributed by atoms with Crippen molar-refractivity contribution in [3.63, 3.8) is 0 Å². The molecule has 0 saturated heterocycles. The van der Waals surface area contributed by atoms with Gasteiger partial charge in [0.15, 0.2) is 0 Å². The van der Waals surface area contributed by atoms with E-state index in [-0.39, 0.29) is 22.6 Å². The molecule has 0 amide bonds. The van der Waals surface area contributed by atoms with Crippen LogP contribution in [0.1, 0.15) is 29.7 Å². The summed E-state index contributed by atoms with van der Waals surface area (Å²) < 4.78 is 12.1. The Balaban J connectivity index is 2.39. The standard InChI is InChI=1S/C19H18Cl2N2O4/c1-4-23-9(2)7-13-15(18(23)24)14(11-6-5-10(20)8-12(11)21)16(17(22)27-13)19(25)26-3/h5-8,14H,4,22H2,1-3H3/t14-/m0/s1. The van der Waals surface area contributed by atoms with E-state index in [9.17, 15) is 9.59 Å². The van der Waals surface area contributed by atoms with Gasteiger partial charge in [0, 0.05) is 28.4 Å². The lowest BCUT2D eigenvalue weighted by Gasteiger charge is -2.29. The number of carbonyl (C=O) groups is 1. The van der Waals surface area contributed by atoms with E-state index in [1.54, 1.807) is 35.8 Å². The highest BCUT2D eigenvalue weighted by Gasteiger charge is 2.39. The summed E-state index contributed by atoms with van der Waals surface area (Å²) in [5.41, 5.74) is 7.28. The number of hydrogen-bond donors (Lipinski definition) is 1. The van der Waals surface area contributed by atoms with Crippen molar-refractivity contribution in [2.24, 2.45) is 5.73 Å². The largest absolute Gasteiger partial charge is 0.465 e. The highest BCUT2D eigenvalue weighted by atomic mass is 35.5. The molecule has 3 rings (SSSR count). The van der Waals surface area contributed by atoms with Crippen LogP contribution in [0.4, 0.5) is 0 Å². The molecule has 0 unspecified atom stereocenters. The van der Waals surface area contributed by atoms with Crippen LogP contribution in [0.15, 0.2) is 40.5 Å². The smallest absolute Gasteiger partial charge is 0.340 e. The zero-order valence-electron chi connectivity index (χ0n) is 15.0. The first-order valence-electron chi connectivity index (χ1n) is 8.25. The number of carbonyl (C=O) groups excluding carboxylic acids is 1. The lowest BCUT2D eigenvalue weighted by Crippen LogP contribution is -2.35. The Morgan fingerprint density at radius 2 is 2.04 bits per heavy atom. The summed E-state index contributed by atoms with van der Waals surface area (Å²) in [7, 11) is 1.23. The SMILES string of the molecule is CCn1c(C)cc2c(c1=O)[C@H](c1ccc(Cl)cc1Cl)C(C(=O)OC)=C(N)O2. The Morgan fingerprint density at radius 3 is 2.63 bits per heavy atom. The number of rotatable bonds is 3. The predicted molar refractivity (Wildman–Crippen MR) is 103 cm³/mol. The maximum Gasteiger partial charge on any atom is 0.340 e. The van der Waals surface area contributed by atoms with Crippen LogP contribution < -0.4 is 16.0 Å². The van der Waals surface area contributed by atoms with Gasteiger partial charge in [0.25, 0.3) is 5.56 Å². The number of aryl methyl sites for hydroxylation is 1. The van der Waals surface area contributed by atoms with Crippen LogP contribution in [0.3, 0.4) is 0 Å². The van der Waals surface area contributed by atoms with Gasteiger partial charge in [0.1, 0.15) is 11.3 Å². The second-order valence-corrected chi connectivity index (χ2v) is 6.93. The van der Waals surface area contributed by atoms with Crippen molar-refractivity contribution in [1.29, 1.82) is 0 Å². The van der Waals surface area contributed by atoms with E-state index in [2.05, 4.69) is 0 Å². The van der Waals surface area contributed by atoms with Crippen molar-refractivity contribution in [3.8, 4) is 5.75 Å². The van der Waals surface area contributed by atoms with Crippen molar-refractivity contribution in [3.05, 3.63) is 72.9 Å². The molecule has 1 aromatic heterocycles. The third-order valence-electron chi connectivity index (χ3n) is 4.56. The Hall–Kier alpha value is -2.44. The summed E-state index contributed by atoms with van der Waals surface area (Å²) in [6.45, 7) is 4.13. The summed E-state index contributed by atoms with van der Waals surface area (Å²) in [6.07, 6.45) is 0. The molecule has 2 heterocycles. The molecule has 2 aromatic rings. The number of pyridine rings is 1. The second kappa shape index (κ2) is 7.29. The van der Waals surface area contributed by atoms with Crippen molar-refractivity contribution < 1.29 is 14.3 Å². The molecule has 27 heavy (non-hydrogen) atoms. The number of methoxy groups -OCH3 is 1. The number of hydrogen-bond acceptors (Lipinski definition) is 5. The molecule has 1 aliphatic rings. The molecule has 1 aromatic carbocycles. The Morgan fingerprint density at radius 1 is 1.33 bits per heavy atom. The minimum atomic E-state index is -0.836. The van der Waals surface area contributed by atoms with Gasteiger partial charge in [0.2, 0.25) is 5.88 Å². The number of aromatic nitrogens is 1. The van der Waals surface area contributed by atoms with Crippen molar-refractivity contribution in [1.82, 2.24) is 4.57 Å². The molecule has 0 saturated carbocycles. The first-order chi connectivity index (χ1) is 12.8. The quantitative estimate of drug-likeness (QED) is 0.787. The molecule has 0 fully saturated rings. The molecule has 1 aliphatic heterocycles. The fourth-order valence-corrected chi connectivity index (χ4v) is 3.85. The van der Waals surface area contributed by atoms with E-state index < -0.39 is 11.9 Å². The zero-order valence-corrected chi connectivity index (χ0v) is 16.5. The molecule has 1 atom stereocenters. The summed E-state index contributed by atoms with van der Waals surface area (Å²) in [5, 5.41) is 0.736. The predicted octanol–water partition coefficient (Wildman–Crippen LogP) is 3.35. The van der Waals surface area contributed by atoms with Crippen molar-refractivity contribution in [2.75, 3.05) is 7.11 Å². The molecule has 2 N–H and O–H groups in total. The van der Waals surface area contributed by atoms with Crippen LogP contribution in [0.2, 0.25) is 10.0 Å². The molecule has 8 heteroatoms. The van der Waals surface area contributed by atoms with Crippen molar-refractivity contribution in [2.45, 2.75) is 26.3 Å². The second-order valence-electron chi connectivity index (χ2n) is 6.08. The number of nitrogens with two attached hydrogens (primary N) is 1. The van der Waals surface area contributed by atoms with E-state index in [1.807, 2.05) is 6.92 Å². The number of fused-ring (bicyclic) bond motifs is 1. The van der Waals surface area contributed by atoms with Crippen molar-refractivity contribution >= 4 is 29.2 Å². The third kappa shape index (κ3) is 3.19. The monoisotopic (exact) mass is 408 g/mol. The highest BCUT2D eigenvalue weighted by molar-refractivity contribution is 6.35. The van der Waals surface area contributed by atoms with Crippen LogP contribution in [0.5, 0.6) is 5.75 Å². The molecular formula is C19H18Cl2N2O4. The summed E-state index contributed by atoms with van der Waals surface area (Å²) >= 11 is 12.4. The average molecular weight is 409 g/mol. The Bertz CT molecular complexity index is 1030. The van der Waals surface area contributed by atoms with Gasteiger partial charge in [-0.2, -0.15) is 0 Å². The van der Waals surface area contributed by atoms with E-state index in [0.717, 1.165) is 5.69 Å². The summed E-state index contributed by atoms with van der Waals surface area (Å²) in [4.78, 5) is 25.7. The van der Waals surface area contributed by atoms with Gasteiger partial charge in [-0.25, -0.2) is 4.79 Å². The normalized spacial score (nSPS) is 16.0. The maximum atomic E-state index is 13.2. The number of halogens is 2. The lowest BCUT2D eigenvalue weighted by molar-refractivity contribution is -0.136. The van der Waals surface area contributed by atoms with Gasteiger partial charge < -0.3 is 19.8 Å². The maximum absolute atomic E-state index is 13.2. The lowest BCUT2D eigenvalue weighted by atomic mass is 9.83. The zero-order chi connectivity index (χ0) is 19.9. The van der Waals surface area contributed by atoms with Crippen LogP contribution in [0.25, 0.3) is 0 Å². The van der Waals surface area contributed by atoms with Gasteiger partial charge >= 0.3 is 5.97 Å². The van der Waals surface area contributed by atoms with E-state index in [4.69, 9.17) is 38.4 Å². The summed E-state index contributed by atoms with van der Waals surface area (Å²) in [5.74, 6) is -1.36. The number of nitrogens with zero attached hydrogens (tertiary/aromatic N) is 1. The average Bonchev–Trinajstić information content (AvgIpc) is 2.60. The highest BCUT2D eigenvalue weighted by Crippen LogP contribution is 2.43. The third-order valence-corrected chi connectivity index (χ3v) is 5.13. The molecule has 142 valence electrons. The minimum absolute atomic E-state index is 0.0258. The van der Waals surface area contributed by atoms with Gasteiger partial charge in [-0.1, -0.05) is 29.3 Å². The van der Waals surface area contributed by atoms with Gasteiger partial charge in [-0.05, 0) is 31.5 Å². The van der Waals surface area contributed by atoms with Gasteiger partial charge in [-0.15, -0.1) is 0 Å². The topological polar surface area (TPSA) is 83.5 Å². The first-order valence-corrected chi connectivity index (χ1v) is 9.00. The van der Waals surface area contributed by atoms with Crippen LogP contribution in [0, 0.1) is 6.92 Å². The van der Waals surface area contributed by atoms with Crippen LogP contribution in [-0.4, -0.2) is 17.6 Å².